The summed E-state index contributed by atoms with van der Waals surface area (Å²) in [6.45, 7) is 0. The van der Waals surface area contributed by atoms with Crippen molar-refractivity contribution in [3.8, 4) is 0 Å². The Morgan fingerprint density at radius 3 is 2.24 bits per heavy atom. The minimum atomic E-state index is -3.77. The Morgan fingerprint density at radius 2 is 1.71 bits per heavy atom. The fourth-order valence-electron chi connectivity index (χ4n) is 1.60. The van der Waals surface area contributed by atoms with Gasteiger partial charge < -0.3 is 5.73 Å². The molecule has 2 aromatic carbocycles. The van der Waals surface area contributed by atoms with E-state index in [9.17, 15) is 8.42 Å². The Labute approximate surface area is 157 Å². The summed E-state index contributed by atoms with van der Waals surface area (Å²) < 4.78 is 29.1. The zero-order valence-corrected chi connectivity index (χ0v) is 17.1. The molecule has 0 bridgehead atoms. The average molecular weight is 566 g/mol. The molecule has 0 aliphatic heterocycles. The van der Waals surface area contributed by atoms with E-state index in [0.29, 0.717) is 28.9 Å². The molecule has 0 atom stereocenters. The van der Waals surface area contributed by atoms with Crippen LogP contribution in [0.1, 0.15) is 0 Å². The fourth-order valence-corrected chi connectivity index (χ4v) is 6.49. The van der Waals surface area contributed by atoms with E-state index in [2.05, 4.69) is 36.6 Å². The van der Waals surface area contributed by atoms with Crippen LogP contribution in [-0.4, -0.2) is 8.42 Å². The van der Waals surface area contributed by atoms with Gasteiger partial charge in [-0.3, -0.25) is 4.72 Å². The zero-order valence-electron chi connectivity index (χ0n) is 10.2. The number of anilines is 2. The van der Waals surface area contributed by atoms with E-state index in [-0.39, 0.29) is 4.90 Å². The van der Waals surface area contributed by atoms with Gasteiger partial charge in [0.15, 0.2) is 0 Å². The van der Waals surface area contributed by atoms with Crippen LogP contribution < -0.4 is 10.5 Å². The molecule has 0 aliphatic carbocycles. The van der Waals surface area contributed by atoms with Gasteiger partial charge in [-0.25, -0.2) is 8.42 Å². The largest absolute Gasteiger partial charge is 0.399 e. The van der Waals surface area contributed by atoms with E-state index in [1.165, 1.54) is 12.1 Å². The van der Waals surface area contributed by atoms with E-state index >= 15 is 0 Å². The molecule has 112 valence electrons. The van der Waals surface area contributed by atoms with Gasteiger partial charge in [0.1, 0.15) is 4.90 Å². The topological polar surface area (TPSA) is 72.2 Å². The molecule has 0 aromatic heterocycles. The summed E-state index contributed by atoms with van der Waals surface area (Å²) in [5.41, 5.74) is 6.58. The van der Waals surface area contributed by atoms with Crippen LogP contribution in [0.25, 0.3) is 0 Å². The number of halogens is 4. The van der Waals surface area contributed by atoms with Gasteiger partial charge in [-0.2, -0.15) is 0 Å². The highest BCUT2D eigenvalue weighted by atomic mass is 127. The second-order valence-corrected chi connectivity index (χ2v) is 8.97. The van der Waals surface area contributed by atoms with Crippen LogP contribution in [0.2, 0.25) is 5.02 Å². The van der Waals surface area contributed by atoms with Crippen LogP contribution in [0, 0.1) is 3.57 Å². The number of nitrogen functional groups attached to an aromatic ring is 1. The van der Waals surface area contributed by atoms with E-state index in [4.69, 9.17) is 17.3 Å². The molecule has 0 aliphatic rings. The third-order valence-corrected chi connectivity index (χ3v) is 6.83. The molecule has 0 spiro atoms. The van der Waals surface area contributed by atoms with Gasteiger partial charge in [0, 0.05) is 23.2 Å². The molecule has 0 saturated carbocycles. The van der Waals surface area contributed by atoms with Crippen molar-refractivity contribution >= 4 is 87.4 Å². The molecule has 0 saturated heterocycles. The predicted molar refractivity (Wildman–Crippen MR) is 101 cm³/mol. The minimum absolute atomic E-state index is 0.0856. The van der Waals surface area contributed by atoms with E-state index in [0.717, 1.165) is 0 Å². The number of benzene rings is 2. The van der Waals surface area contributed by atoms with Crippen LogP contribution in [0.4, 0.5) is 11.4 Å². The smallest absolute Gasteiger partial charge is 0.264 e. The number of sulfonamides is 1. The Balaban J connectivity index is 2.48. The highest BCUT2D eigenvalue weighted by Gasteiger charge is 2.22. The molecular formula is C12H8Br2ClIN2O2S. The van der Waals surface area contributed by atoms with Gasteiger partial charge in [-0.05, 0) is 84.8 Å². The summed E-state index contributed by atoms with van der Waals surface area (Å²) in [4.78, 5) is 0.0856. The van der Waals surface area contributed by atoms with E-state index in [1.54, 1.807) is 18.2 Å². The summed E-state index contributed by atoms with van der Waals surface area (Å²) in [5, 5.41) is 0.539. The highest BCUT2D eigenvalue weighted by Crippen LogP contribution is 2.34. The lowest BCUT2D eigenvalue weighted by molar-refractivity contribution is 0.600. The predicted octanol–water partition coefficient (Wildman–Crippen LogP) is 4.85. The normalized spacial score (nSPS) is 11.4. The standard InChI is InChI=1S/C12H8Br2ClIN2O2S/c13-8-4-7(17)5-9(14)12(8)21(19,20)18-11-2-1-6(15)3-10(11)16/h1-5,18H,17H2. The van der Waals surface area contributed by atoms with Crippen molar-refractivity contribution in [3.63, 3.8) is 0 Å². The van der Waals surface area contributed by atoms with Crippen molar-refractivity contribution in [1.29, 1.82) is 0 Å². The molecule has 0 unspecified atom stereocenters. The van der Waals surface area contributed by atoms with Crippen molar-refractivity contribution in [2.45, 2.75) is 4.90 Å². The van der Waals surface area contributed by atoms with Crippen molar-refractivity contribution in [3.05, 3.63) is 47.9 Å². The van der Waals surface area contributed by atoms with Gasteiger partial charge in [0.25, 0.3) is 10.0 Å². The third-order valence-electron chi connectivity index (χ3n) is 2.46. The Hall–Kier alpha value is -0.0300. The first kappa shape index (κ1) is 17.3. The molecule has 0 fully saturated rings. The molecule has 0 radical (unpaired) electrons. The summed E-state index contributed by atoms with van der Waals surface area (Å²) in [6, 6.07) is 7.97. The second-order valence-electron chi connectivity index (χ2n) is 4.04. The number of rotatable bonds is 3. The number of hydrogen-bond donors (Lipinski definition) is 2. The molecule has 21 heavy (non-hydrogen) atoms. The first-order chi connectivity index (χ1) is 9.70. The maximum Gasteiger partial charge on any atom is 0.264 e. The molecule has 3 N–H and O–H groups in total. The molecule has 0 heterocycles. The maximum absolute atomic E-state index is 12.5. The van der Waals surface area contributed by atoms with Crippen LogP contribution in [0.5, 0.6) is 0 Å². The van der Waals surface area contributed by atoms with Crippen LogP contribution in [0.3, 0.4) is 0 Å². The average Bonchev–Trinajstić information content (AvgIpc) is 2.30. The maximum atomic E-state index is 12.5. The molecule has 9 heteroatoms. The van der Waals surface area contributed by atoms with Crippen molar-refractivity contribution in [2.75, 3.05) is 10.5 Å². The van der Waals surface area contributed by atoms with Crippen molar-refractivity contribution < 1.29 is 8.42 Å². The van der Waals surface area contributed by atoms with E-state index in [1.807, 2.05) is 22.6 Å². The van der Waals surface area contributed by atoms with Gasteiger partial charge in [-0.1, -0.05) is 11.6 Å². The van der Waals surface area contributed by atoms with Gasteiger partial charge in [0.2, 0.25) is 0 Å². The summed E-state index contributed by atoms with van der Waals surface area (Å²) in [6.07, 6.45) is 0. The second kappa shape index (κ2) is 6.61. The van der Waals surface area contributed by atoms with Crippen LogP contribution in [0.15, 0.2) is 44.2 Å². The zero-order chi connectivity index (χ0) is 15.8. The first-order valence-corrected chi connectivity index (χ1v) is 9.95. The molecular weight excluding hydrogens is 558 g/mol. The molecule has 0 amide bonds. The van der Waals surface area contributed by atoms with Gasteiger partial charge in [-0.15, -0.1) is 0 Å². The lowest BCUT2D eigenvalue weighted by Gasteiger charge is -2.13. The summed E-state index contributed by atoms with van der Waals surface area (Å²) >= 11 is 14.3. The minimum Gasteiger partial charge on any atom is -0.399 e. The van der Waals surface area contributed by atoms with Crippen LogP contribution >= 0.6 is 66.1 Å². The number of nitrogens with two attached hydrogens (primary N) is 1. The first-order valence-electron chi connectivity index (χ1n) is 5.43. The Morgan fingerprint density at radius 1 is 1.14 bits per heavy atom. The SMILES string of the molecule is Nc1cc(Br)c(S(=O)(=O)Nc2ccc(Cl)cc2I)c(Br)c1. The molecule has 2 aromatic rings. The number of hydrogen-bond acceptors (Lipinski definition) is 3. The summed E-state index contributed by atoms with van der Waals surface area (Å²) in [7, 11) is -3.77. The quantitative estimate of drug-likeness (QED) is 0.412. The lowest BCUT2D eigenvalue weighted by atomic mass is 10.3. The number of nitrogens with one attached hydrogen (secondary N) is 1. The highest BCUT2D eigenvalue weighted by molar-refractivity contribution is 14.1. The summed E-state index contributed by atoms with van der Waals surface area (Å²) in [5.74, 6) is 0. The van der Waals surface area contributed by atoms with Gasteiger partial charge in [0.05, 0.1) is 5.69 Å². The van der Waals surface area contributed by atoms with Crippen molar-refractivity contribution in [2.24, 2.45) is 0 Å². The van der Waals surface area contributed by atoms with Gasteiger partial charge >= 0.3 is 0 Å². The van der Waals surface area contributed by atoms with Crippen LogP contribution in [-0.2, 0) is 10.0 Å². The fraction of sp³-hybridized carbons (Fsp3) is 0. The lowest BCUT2D eigenvalue weighted by Crippen LogP contribution is -2.15. The molecule has 2 rings (SSSR count). The third kappa shape index (κ3) is 4.04. The van der Waals surface area contributed by atoms with Crippen molar-refractivity contribution in [1.82, 2.24) is 0 Å². The Bertz CT molecular complexity index is 792. The van der Waals surface area contributed by atoms with E-state index < -0.39 is 10.0 Å². The molecule has 4 nitrogen and oxygen atoms in total. The monoisotopic (exact) mass is 564 g/mol. The Kier molecular flexibility index (Phi) is 5.45.